The van der Waals surface area contributed by atoms with Crippen LogP contribution in [0.2, 0.25) is 0 Å². The summed E-state index contributed by atoms with van der Waals surface area (Å²) in [7, 11) is 0. The van der Waals surface area contributed by atoms with Gasteiger partial charge in [-0.3, -0.25) is 9.69 Å². The van der Waals surface area contributed by atoms with E-state index in [1.807, 2.05) is 53.4 Å². The van der Waals surface area contributed by atoms with Gasteiger partial charge in [0.15, 0.2) is 0 Å². The maximum atomic E-state index is 13.5. The second kappa shape index (κ2) is 13.1. The van der Waals surface area contributed by atoms with Gasteiger partial charge in [-0.2, -0.15) is 0 Å². The van der Waals surface area contributed by atoms with Crippen molar-refractivity contribution in [3.8, 4) is 5.75 Å². The van der Waals surface area contributed by atoms with Crippen molar-refractivity contribution in [1.82, 2.24) is 9.80 Å². The van der Waals surface area contributed by atoms with Crippen LogP contribution in [0.5, 0.6) is 5.75 Å². The first kappa shape index (κ1) is 25.0. The van der Waals surface area contributed by atoms with Gasteiger partial charge in [0.2, 0.25) is 0 Å². The molecule has 1 aliphatic rings. The topological polar surface area (TPSA) is 42.0 Å². The zero-order chi connectivity index (χ0) is 24.3. The van der Waals surface area contributed by atoms with Gasteiger partial charge in [0, 0.05) is 38.3 Å². The van der Waals surface area contributed by atoms with Crippen LogP contribution in [0.4, 0.5) is 0 Å². The summed E-state index contributed by atoms with van der Waals surface area (Å²) in [5, 5.41) is 0. The third-order valence-electron chi connectivity index (χ3n) is 6.42. The van der Waals surface area contributed by atoms with Gasteiger partial charge in [0.25, 0.3) is 5.91 Å². The average Bonchev–Trinajstić information content (AvgIpc) is 2.92. The fourth-order valence-electron chi connectivity index (χ4n) is 4.32. The Morgan fingerprint density at radius 3 is 2.40 bits per heavy atom. The van der Waals surface area contributed by atoms with E-state index in [1.165, 1.54) is 5.56 Å². The first-order valence-corrected chi connectivity index (χ1v) is 12.7. The van der Waals surface area contributed by atoms with Gasteiger partial charge in [0.05, 0.1) is 13.2 Å². The molecule has 0 bridgehead atoms. The summed E-state index contributed by atoms with van der Waals surface area (Å²) >= 11 is 0. The molecule has 0 saturated carbocycles. The predicted molar refractivity (Wildman–Crippen MR) is 140 cm³/mol. The lowest BCUT2D eigenvalue weighted by Gasteiger charge is -2.28. The molecule has 0 spiro atoms. The molecule has 1 heterocycles. The Hall–Kier alpha value is -3.15. The normalized spacial score (nSPS) is 14.0. The van der Waals surface area contributed by atoms with E-state index in [-0.39, 0.29) is 5.91 Å². The van der Waals surface area contributed by atoms with Crippen LogP contribution in [0.25, 0.3) is 0 Å². The first-order valence-electron chi connectivity index (χ1n) is 12.7. The molecular weight excluding hydrogens is 436 g/mol. The summed E-state index contributed by atoms with van der Waals surface area (Å²) in [4.78, 5) is 17.9. The van der Waals surface area contributed by atoms with Gasteiger partial charge in [-0.1, -0.05) is 61.5 Å². The van der Waals surface area contributed by atoms with Crippen LogP contribution in [0, 0.1) is 0 Å². The Bertz CT molecular complexity index is 1050. The third kappa shape index (κ3) is 7.67. The van der Waals surface area contributed by atoms with Crippen LogP contribution in [0.15, 0.2) is 78.9 Å². The zero-order valence-electron chi connectivity index (χ0n) is 20.7. The highest BCUT2D eigenvalue weighted by molar-refractivity contribution is 5.94. The maximum Gasteiger partial charge on any atom is 0.254 e. The molecule has 1 amide bonds. The van der Waals surface area contributed by atoms with Gasteiger partial charge >= 0.3 is 0 Å². The molecule has 1 fully saturated rings. The SMILES string of the molecule is CCc1ccc(C(=O)N(CCCN2CCOCC2)Cc2cccc(OCc3ccccc3)c2)cc1. The number of ether oxygens (including phenoxy) is 2. The largest absolute Gasteiger partial charge is 0.489 e. The number of nitrogens with zero attached hydrogens (tertiary/aromatic N) is 2. The Labute approximate surface area is 209 Å². The molecule has 1 aliphatic heterocycles. The predicted octanol–water partition coefficient (Wildman–Crippen LogP) is 5.19. The molecule has 4 rings (SSSR count). The van der Waals surface area contributed by atoms with Crippen molar-refractivity contribution in [2.75, 3.05) is 39.4 Å². The van der Waals surface area contributed by atoms with Gasteiger partial charge in [-0.15, -0.1) is 0 Å². The number of rotatable bonds is 11. The number of carbonyl (C=O) groups is 1. The van der Waals surface area contributed by atoms with E-state index in [2.05, 4.69) is 42.2 Å². The number of amides is 1. The van der Waals surface area contributed by atoms with E-state index in [0.717, 1.165) is 68.1 Å². The van der Waals surface area contributed by atoms with Crippen LogP contribution < -0.4 is 4.74 Å². The van der Waals surface area contributed by atoms with E-state index in [4.69, 9.17) is 9.47 Å². The number of hydrogen-bond acceptors (Lipinski definition) is 4. The van der Waals surface area contributed by atoms with Crippen LogP contribution >= 0.6 is 0 Å². The number of benzene rings is 3. The molecule has 0 N–H and O–H groups in total. The Morgan fingerprint density at radius 1 is 0.914 bits per heavy atom. The average molecular weight is 473 g/mol. The van der Waals surface area contributed by atoms with Crippen molar-refractivity contribution >= 4 is 5.91 Å². The Balaban J connectivity index is 1.42. The lowest BCUT2D eigenvalue weighted by molar-refractivity contribution is 0.0355. The standard InChI is InChI=1S/C30H36N2O3/c1-2-25-12-14-28(15-13-25)30(33)32(17-7-16-31-18-20-34-21-19-31)23-27-10-6-11-29(22-27)35-24-26-8-4-3-5-9-26/h3-6,8-15,22H,2,7,16-21,23-24H2,1H3. The monoisotopic (exact) mass is 472 g/mol. The van der Waals surface area contributed by atoms with E-state index in [0.29, 0.717) is 19.7 Å². The summed E-state index contributed by atoms with van der Waals surface area (Å²) in [6.07, 6.45) is 1.90. The molecule has 5 nitrogen and oxygen atoms in total. The first-order chi connectivity index (χ1) is 17.2. The molecule has 0 radical (unpaired) electrons. The van der Waals surface area contributed by atoms with Crippen molar-refractivity contribution in [2.45, 2.75) is 32.9 Å². The summed E-state index contributed by atoms with van der Waals surface area (Å²) in [5.41, 5.74) is 4.18. The van der Waals surface area contributed by atoms with Crippen LogP contribution in [-0.2, 0) is 24.3 Å². The highest BCUT2D eigenvalue weighted by Crippen LogP contribution is 2.19. The van der Waals surface area contributed by atoms with Crippen LogP contribution in [0.3, 0.4) is 0 Å². The highest BCUT2D eigenvalue weighted by Gasteiger charge is 2.18. The smallest absolute Gasteiger partial charge is 0.254 e. The fraction of sp³-hybridized carbons (Fsp3) is 0.367. The molecule has 184 valence electrons. The second-order valence-electron chi connectivity index (χ2n) is 9.01. The molecule has 0 aromatic heterocycles. The Kier molecular flexibility index (Phi) is 9.32. The minimum Gasteiger partial charge on any atom is -0.489 e. The lowest BCUT2D eigenvalue weighted by atomic mass is 10.1. The maximum absolute atomic E-state index is 13.5. The summed E-state index contributed by atoms with van der Waals surface area (Å²) in [6, 6.07) is 26.3. The summed E-state index contributed by atoms with van der Waals surface area (Å²) < 4.78 is 11.5. The number of aryl methyl sites for hydroxylation is 1. The minimum absolute atomic E-state index is 0.0743. The van der Waals surface area contributed by atoms with Gasteiger partial charge in [0.1, 0.15) is 12.4 Å². The van der Waals surface area contributed by atoms with Crippen LogP contribution in [-0.4, -0.2) is 55.1 Å². The van der Waals surface area contributed by atoms with E-state index in [9.17, 15) is 4.79 Å². The molecule has 5 heteroatoms. The summed E-state index contributed by atoms with van der Waals surface area (Å²) in [6.45, 7) is 8.41. The third-order valence-corrected chi connectivity index (χ3v) is 6.42. The number of hydrogen-bond donors (Lipinski definition) is 0. The molecule has 35 heavy (non-hydrogen) atoms. The minimum atomic E-state index is 0.0743. The van der Waals surface area contributed by atoms with Crippen molar-refractivity contribution in [3.63, 3.8) is 0 Å². The van der Waals surface area contributed by atoms with E-state index in [1.54, 1.807) is 0 Å². The molecule has 0 aliphatic carbocycles. The second-order valence-corrected chi connectivity index (χ2v) is 9.01. The molecule has 3 aromatic carbocycles. The van der Waals surface area contributed by atoms with E-state index >= 15 is 0 Å². The molecule has 3 aromatic rings. The van der Waals surface area contributed by atoms with Gasteiger partial charge in [-0.05, 0) is 53.8 Å². The van der Waals surface area contributed by atoms with Crippen molar-refractivity contribution < 1.29 is 14.3 Å². The Morgan fingerprint density at radius 2 is 1.66 bits per heavy atom. The summed E-state index contributed by atoms with van der Waals surface area (Å²) in [5.74, 6) is 0.893. The molecule has 0 atom stereocenters. The van der Waals surface area contributed by atoms with Gasteiger partial charge < -0.3 is 14.4 Å². The highest BCUT2D eigenvalue weighted by atomic mass is 16.5. The van der Waals surface area contributed by atoms with E-state index < -0.39 is 0 Å². The lowest BCUT2D eigenvalue weighted by Crippen LogP contribution is -2.39. The molecule has 0 unspecified atom stereocenters. The van der Waals surface area contributed by atoms with Crippen molar-refractivity contribution in [2.24, 2.45) is 0 Å². The number of carbonyl (C=O) groups excluding carboxylic acids is 1. The van der Waals surface area contributed by atoms with Crippen molar-refractivity contribution in [1.29, 1.82) is 0 Å². The van der Waals surface area contributed by atoms with Gasteiger partial charge in [-0.25, -0.2) is 0 Å². The van der Waals surface area contributed by atoms with Crippen LogP contribution in [0.1, 0.15) is 40.4 Å². The quantitative estimate of drug-likeness (QED) is 0.385. The zero-order valence-corrected chi connectivity index (χ0v) is 20.7. The number of morpholine rings is 1. The fourth-order valence-corrected chi connectivity index (χ4v) is 4.32. The molecular formula is C30H36N2O3. The molecule has 1 saturated heterocycles. The van der Waals surface area contributed by atoms with Crippen molar-refractivity contribution in [3.05, 3.63) is 101 Å².